The minimum absolute atomic E-state index is 0.00149. The molecule has 1 fully saturated rings. The minimum Gasteiger partial charge on any atom is -0.496 e. The summed E-state index contributed by atoms with van der Waals surface area (Å²) in [6.45, 7) is 2.56. The maximum atomic E-state index is 12.0. The molecule has 0 spiro atoms. The van der Waals surface area contributed by atoms with Gasteiger partial charge in [0.2, 0.25) is 0 Å². The molecule has 1 aromatic carbocycles. The van der Waals surface area contributed by atoms with E-state index in [9.17, 15) is 9.90 Å². The molecule has 1 aromatic rings. The summed E-state index contributed by atoms with van der Waals surface area (Å²) in [4.78, 5) is 14.2. The Kier molecular flexibility index (Phi) is 5.01. The fourth-order valence-electron chi connectivity index (χ4n) is 2.97. The molecule has 1 aliphatic heterocycles. The van der Waals surface area contributed by atoms with Crippen molar-refractivity contribution in [3.8, 4) is 5.75 Å². The molecule has 0 saturated carbocycles. The van der Waals surface area contributed by atoms with Gasteiger partial charge in [-0.2, -0.15) is 0 Å². The van der Waals surface area contributed by atoms with Crippen LogP contribution in [0, 0.1) is 0 Å². The molecular weight excluding hydrogens is 254 g/mol. The van der Waals surface area contributed by atoms with Crippen LogP contribution in [-0.2, 0) is 0 Å². The summed E-state index contributed by atoms with van der Waals surface area (Å²) >= 11 is 0. The molecule has 0 bridgehead atoms. The van der Waals surface area contributed by atoms with Crippen LogP contribution in [-0.4, -0.2) is 37.2 Å². The number of aliphatic hydroxyl groups excluding tert-OH is 1. The van der Waals surface area contributed by atoms with E-state index >= 15 is 0 Å². The number of Topliss-reactive ketones (excluding diaryl/α,β-unsaturated/α-hetero) is 1. The van der Waals surface area contributed by atoms with Gasteiger partial charge in [0.15, 0.2) is 5.78 Å². The molecule has 4 heteroatoms. The summed E-state index contributed by atoms with van der Waals surface area (Å²) in [5.41, 5.74) is 1.51. The van der Waals surface area contributed by atoms with Crippen molar-refractivity contribution in [1.82, 2.24) is 0 Å². The number of carbonyl (C=O) groups excluding carboxylic acids is 1. The molecule has 1 aliphatic rings. The van der Waals surface area contributed by atoms with Gasteiger partial charge in [-0.1, -0.05) is 18.9 Å². The molecule has 0 aromatic heterocycles. The summed E-state index contributed by atoms with van der Waals surface area (Å²) < 4.78 is 5.33. The SMILES string of the molecule is COc1cccc(N2CCCCCC2CO)c1C(C)=O. The predicted octanol–water partition coefficient (Wildman–Crippen LogP) is 2.64. The van der Waals surface area contributed by atoms with Crippen LogP contribution in [0.5, 0.6) is 5.75 Å². The number of benzene rings is 1. The van der Waals surface area contributed by atoms with Gasteiger partial charge in [-0.25, -0.2) is 0 Å². The monoisotopic (exact) mass is 277 g/mol. The fourth-order valence-corrected chi connectivity index (χ4v) is 2.97. The third-order valence-electron chi connectivity index (χ3n) is 3.97. The summed E-state index contributed by atoms with van der Waals surface area (Å²) in [5.74, 6) is 0.606. The molecule has 1 unspecified atom stereocenters. The molecule has 1 saturated heterocycles. The number of nitrogens with zero attached hydrogens (tertiary/aromatic N) is 1. The zero-order valence-corrected chi connectivity index (χ0v) is 12.3. The molecule has 4 nitrogen and oxygen atoms in total. The van der Waals surface area contributed by atoms with Gasteiger partial charge >= 0.3 is 0 Å². The molecule has 20 heavy (non-hydrogen) atoms. The van der Waals surface area contributed by atoms with E-state index in [0.29, 0.717) is 11.3 Å². The number of carbonyl (C=O) groups is 1. The van der Waals surface area contributed by atoms with Crippen molar-refractivity contribution in [3.63, 3.8) is 0 Å². The molecule has 0 amide bonds. The lowest BCUT2D eigenvalue weighted by Gasteiger charge is -2.32. The van der Waals surface area contributed by atoms with Gasteiger partial charge in [-0.15, -0.1) is 0 Å². The zero-order valence-electron chi connectivity index (χ0n) is 12.3. The van der Waals surface area contributed by atoms with Crippen LogP contribution in [0.1, 0.15) is 43.0 Å². The number of rotatable bonds is 4. The quantitative estimate of drug-likeness (QED) is 0.860. The van der Waals surface area contributed by atoms with Gasteiger partial charge in [0, 0.05) is 6.54 Å². The van der Waals surface area contributed by atoms with Gasteiger partial charge in [0.05, 0.1) is 31.0 Å². The van der Waals surface area contributed by atoms with Crippen LogP contribution in [0.4, 0.5) is 5.69 Å². The van der Waals surface area contributed by atoms with Gasteiger partial charge < -0.3 is 14.7 Å². The van der Waals surface area contributed by atoms with Crippen LogP contribution < -0.4 is 9.64 Å². The van der Waals surface area contributed by atoms with Crippen LogP contribution in [0.15, 0.2) is 18.2 Å². The van der Waals surface area contributed by atoms with E-state index in [-0.39, 0.29) is 18.4 Å². The number of anilines is 1. The van der Waals surface area contributed by atoms with Gasteiger partial charge in [-0.3, -0.25) is 4.79 Å². The maximum absolute atomic E-state index is 12.0. The van der Waals surface area contributed by atoms with Gasteiger partial charge in [-0.05, 0) is 31.9 Å². The van der Waals surface area contributed by atoms with E-state index in [1.54, 1.807) is 14.0 Å². The van der Waals surface area contributed by atoms with E-state index in [0.717, 1.165) is 31.5 Å². The number of ether oxygens (including phenoxy) is 1. The van der Waals surface area contributed by atoms with E-state index in [1.807, 2.05) is 18.2 Å². The first-order valence-corrected chi connectivity index (χ1v) is 7.24. The Balaban J connectivity index is 2.46. The third kappa shape index (κ3) is 2.96. The van der Waals surface area contributed by atoms with Gasteiger partial charge in [0.1, 0.15) is 5.75 Å². The molecule has 2 rings (SSSR count). The fraction of sp³-hybridized carbons (Fsp3) is 0.562. The number of methoxy groups -OCH3 is 1. The highest BCUT2D eigenvalue weighted by molar-refractivity contribution is 6.02. The van der Waals surface area contributed by atoms with Gasteiger partial charge in [0.25, 0.3) is 0 Å². The third-order valence-corrected chi connectivity index (χ3v) is 3.97. The Labute approximate surface area is 120 Å². The topological polar surface area (TPSA) is 49.8 Å². The average Bonchev–Trinajstić information content (AvgIpc) is 2.71. The summed E-state index contributed by atoms with van der Waals surface area (Å²) in [5, 5.41) is 9.65. The zero-order chi connectivity index (χ0) is 14.5. The first-order valence-electron chi connectivity index (χ1n) is 7.24. The lowest BCUT2D eigenvalue weighted by atomic mass is 10.0. The van der Waals surface area contributed by atoms with Crippen LogP contribution >= 0.6 is 0 Å². The Morgan fingerprint density at radius 1 is 1.40 bits per heavy atom. The van der Waals surface area contributed by atoms with E-state index < -0.39 is 0 Å². The lowest BCUT2D eigenvalue weighted by molar-refractivity contribution is 0.101. The standard InChI is InChI=1S/C16H23NO3/c1-12(19)16-14(8-6-9-15(16)20-2)17-10-5-3-4-7-13(17)11-18/h6,8-9,13,18H,3-5,7,10-11H2,1-2H3. The highest BCUT2D eigenvalue weighted by atomic mass is 16.5. The second kappa shape index (κ2) is 6.75. The number of hydrogen-bond acceptors (Lipinski definition) is 4. The molecule has 1 N–H and O–H groups in total. The second-order valence-corrected chi connectivity index (χ2v) is 5.29. The second-order valence-electron chi connectivity index (χ2n) is 5.29. The van der Waals surface area contributed by atoms with E-state index in [2.05, 4.69) is 4.90 Å². The van der Waals surface area contributed by atoms with Crippen LogP contribution in [0.25, 0.3) is 0 Å². The minimum atomic E-state index is -0.00149. The van der Waals surface area contributed by atoms with Crippen molar-refractivity contribution in [1.29, 1.82) is 0 Å². The lowest BCUT2D eigenvalue weighted by Crippen LogP contribution is -2.38. The summed E-state index contributed by atoms with van der Waals surface area (Å²) in [6.07, 6.45) is 4.35. The van der Waals surface area contributed by atoms with Crippen molar-refractivity contribution in [2.45, 2.75) is 38.6 Å². The van der Waals surface area contributed by atoms with Crippen molar-refractivity contribution >= 4 is 11.5 Å². The van der Waals surface area contributed by atoms with Crippen molar-refractivity contribution in [2.24, 2.45) is 0 Å². The Morgan fingerprint density at radius 2 is 2.20 bits per heavy atom. The first-order chi connectivity index (χ1) is 9.69. The normalized spacial score (nSPS) is 19.6. The highest BCUT2D eigenvalue weighted by Gasteiger charge is 2.25. The molecule has 0 radical (unpaired) electrons. The van der Waals surface area contributed by atoms with Crippen molar-refractivity contribution in [3.05, 3.63) is 23.8 Å². The predicted molar refractivity (Wildman–Crippen MR) is 79.7 cm³/mol. The molecular formula is C16H23NO3. The Hall–Kier alpha value is -1.55. The molecule has 110 valence electrons. The highest BCUT2D eigenvalue weighted by Crippen LogP contribution is 2.33. The number of hydrogen-bond donors (Lipinski definition) is 1. The number of aliphatic hydroxyl groups is 1. The maximum Gasteiger partial charge on any atom is 0.165 e. The van der Waals surface area contributed by atoms with Crippen LogP contribution in [0.2, 0.25) is 0 Å². The Morgan fingerprint density at radius 3 is 2.85 bits per heavy atom. The summed E-state index contributed by atoms with van der Waals surface area (Å²) in [6, 6.07) is 5.75. The first kappa shape index (κ1) is 14.9. The van der Waals surface area contributed by atoms with E-state index in [1.165, 1.54) is 6.42 Å². The van der Waals surface area contributed by atoms with E-state index in [4.69, 9.17) is 4.74 Å². The molecule has 0 aliphatic carbocycles. The van der Waals surface area contributed by atoms with Crippen molar-refractivity contribution in [2.75, 3.05) is 25.2 Å². The Bertz CT molecular complexity index is 473. The van der Waals surface area contributed by atoms with Crippen LogP contribution in [0.3, 0.4) is 0 Å². The average molecular weight is 277 g/mol. The van der Waals surface area contributed by atoms with Crippen molar-refractivity contribution < 1.29 is 14.6 Å². The largest absolute Gasteiger partial charge is 0.496 e. The number of ketones is 1. The summed E-state index contributed by atoms with van der Waals surface area (Å²) in [7, 11) is 1.58. The smallest absolute Gasteiger partial charge is 0.165 e. The molecule has 1 atom stereocenters. The molecule has 1 heterocycles.